The second-order valence-electron chi connectivity index (χ2n) is 3.77. The third kappa shape index (κ3) is 3.70. The number of amides is 1. The van der Waals surface area contributed by atoms with Crippen molar-refractivity contribution in [1.29, 1.82) is 0 Å². The van der Waals surface area contributed by atoms with Crippen molar-refractivity contribution in [3.8, 4) is 0 Å². The van der Waals surface area contributed by atoms with E-state index in [1.54, 1.807) is 19.9 Å². The Kier molecular flexibility index (Phi) is 5.09. The third-order valence-electron chi connectivity index (χ3n) is 2.24. The van der Waals surface area contributed by atoms with Crippen molar-refractivity contribution in [2.24, 2.45) is 0 Å². The molecule has 0 aliphatic carbocycles. The molecule has 0 bridgehead atoms. The van der Waals surface area contributed by atoms with E-state index in [1.165, 1.54) is 18.1 Å². The van der Waals surface area contributed by atoms with Gasteiger partial charge in [0.15, 0.2) is 0 Å². The van der Waals surface area contributed by atoms with E-state index < -0.39 is 5.97 Å². The van der Waals surface area contributed by atoms with Gasteiger partial charge in [0.05, 0.1) is 17.2 Å². The number of pyridine rings is 1. The van der Waals surface area contributed by atoms with Gasteiger partial charge in [-0.05, 0) is 19.9 Å². The van der Waals surface area contributed by atoms with Gasteiger partial charge in [-0.25, -0.2) is 0 Å². The van der Waals surface area contributed by atoms with Crippen LogP contribution < -0.4 is 0 Å². The molecule has 1 aromatic heterocycles. The number of halogens is 1. The number of nitrogens with zero attached hydrogens (tertiary/aromatic N) is 2. The Balaban J connectivity index is 2.77. The molecule has 5 nitrogen and oxygen atoms in total. The lowest BCUT2D eigenvalue weighted by Crippen LogP contribution is -2.33. The number of rotatable bonds is 4. The molecule has 0 aromatic carbocycles. The first-order valence-corrected chi connectivity index (χ1v) is 5.86. The third-order valence-corrected chi connectivity index (χ3v) is 2.55. The van der Waals surface area contributed by atoms with Crippen LogP contribution in [0.2, 0.25) is 5.02 Å². The summed E-state index contributed by atoms with van der Waals surface area (Å²) in [6, 6.07) is 1.60. The zero-order valence-corrected chi connectivity index (χ0v) is 11.3. The van der Waals surface area contributed by atoms with Crippen LogP contribution in [0.3, 0.4) is 0 Å². The second-order valence-corrected chi connectivity index (χ2v) is 4.18. The summed E-state index contributed by atoms with van der Waals surface area (Å²) in [7, 11) is 1.51. The first-order valence-electron chi connectivity index (χ1n) is 5.49. The topological polar surface area (TPSA) is 59.5 Å². The molecule has 0 radical (unpaired) electrons. The molecule has 0 spiro atoms. The maximum Gasteiger partial charge on any atom is 0.325 e. The molecule has 18 heavy (non-hydrogen) atoms. The molecule has 0 saturated carbocycles. The van der Waals surface area contributed by atoms with Gasteiger partial charge in [0, 0.05) is 18.9 Å². The Morgan fingerprint density at radius 3 is 2.72 bits per heavy atom. The number of aromatic nitrogens is 1. The maximum atomic E-state index is 12.0. The van der Waals surface area contributed by atoms with Gasteiger partial charge in [0.25, 0.3) is 5.91 Å². The van der Waals surface area contributed by atoms with Crippen molar-refractivity contribution in [3.63, 3.8) is 0 Å². The first-order chi connectivity index (χ1) is 8.45. The number of ether oxygens (including phenoxy) is 1. The summed E-state index contributed by atoms with van der Waals surface area (Å²) in [6.45, 7) is 3.66. The van der Waals surface area contributed by atoms with E-state index in [-0.39, 0.29) is 24.6 Å². The minimum atomic E-state index is -0.454. The van der Waals surface area contributed by atoms with Gasteiger partial charge in [0.2, 0.25) is 0 Å². The van der Waals surface area contributed by atoms with Crippen LogP contribution in [-0.4, -0.2) is 42.0 Å². The molecule has 1 aromatic rings. The fraction of sp³-hybridized carbons (Fsp3) is 0.417. The SMILES string of the molecule is CCOC(=O)CN(C)C(=O)c1cnc(C)cc1Cl. The Morgan fingerprint density at radius 2 is 2.17 bits per heavy atom. The summed E-state index contributed by atoms with van der Waals surface area (Å²) >= 11 is 5.96. The average molecular weight is 271 g/mol. The Morgan fingerprint density at radius 1 is 1.50 bits per heavy atom. The number of hydrogen-bond donors (Lipinski definition) is 0. The lowest BCUT2D eigenvalue weighted by Gasteiger charge is -2.16. The molecule has 1 amide bonds. The number of esters is 1. The van der Waals surface area contributed by atoms with Crippen LogP contribution in [0.5, 0.6) is 0 Å². The van der Waals surface area contributed by atoms with Crippen molar-refractivity contribution in [1.82, 2.24) is 9.88 Å². The molecule has 1 rings (SSSR count). The normalized spacial score (nSPS) is 10.0. The molecule has 98 valence electrons. The van der Waals surface area contributed by atoms with Crippen LogP contribution in [0, 0.1) is 6.92 Å². The van der Waals surface area contributed by atoms with Crippen molar-refractivity contribution in [2.45, 2.75) is 13.8 Å². The molecular weight excluding hydrogens is 256 g/mol. The summed E-state index contributed by atoms with van der Waals surface area (Å²) in [4.78, 5) is 28.5. The Hall–Kier alpha value is -1.62. The fourth-order valence-corrected chi connectivity index (χ4v) is 1.65. The van der Waals surface area contributed by atoms with Crippen molar-refractivity contribution < 1.29 is 14.3 Å². The molecule has 0 N–H and O–H groups in total. The highest BCUT2D eigenvalue weighted by Gasteiger charge is 2.18. The lowest BCUT2D eigenvalue weighted by atomic mass is 10.2. The van der Waals surface area contributed by atoms with Gasteiger partial charge < -0.3 is 9.64 Å². The van der Waals surface area contributed by atoms with Gasteiger partial charge in [-0.3, -0.25) is 14.6 Å². The zero-order valence-electron chi connectivity index (χ0n) is 10.6. The van der Waals surface area contributed by atoms with Crippen molar-refractivity contribution in [3.05, 3.63) is 28.5 Å². The summed E-state index contributed by atoms with van der Waals surface area (Å²) < 4.78 is 4.77. The fourth-order valence-electron chi connectivity index (χ4n) is 1.36. The molecule has 0 unspecified atom stereocenters. The number of hydrogen-bond acceptors (Lipinski definition) is 4. The van der Waals surface area contributed by atoms with Crippen LogP contribution in [0.4, 0.5) is 0 Å². The number of carbonyl (C=O) groups is 2. The maximum absolute atomic E-state index is 12.0. The number of aryl methyl sites for hydroxylation is 1. The van der Waals surface area contributed by atoms with Crippen LogP contribution in [0.15, 0.2) is 12.3 Å². The number of carbonyl (C=O) groups excluding carboxylic acids is 2. The predicted octanol–water partition coefficient (Wildman–Crippen LogP) is 1.68. The largest absolute Gasteiger partial charge is 0.465 e. The van der Waals surface area contributed by atoms with Crippen LogP contribution >= 0.6 is 11.6 Å². The van der Waals surface area contributed by atoms with E-state index in [1.807, 2.05) is 0 Å². The Bertz CT molecular complexity index is 463. The highest BCUT2D eigenvalue weighted by atomic mass is 35.5. The summed E-state index contributed by atoms with van der Waals surface area (Å²) in [5.74, 6) is -0.815. The summed E-state index contributed by atoms with van der Waals surface area (Å²) in [6.07, 6.45) is 1.40. The van der Waals surface area contributed by atoms with Crippen LogP contribution in [0.25, 0.3) is 0 Å². The average Bonchev–Trinajstić information content (AvgIpc) is 2.28. The molecule has 0 aliphatic rings. The van der Waals surface area contributed by atoms with Gasteiger partial charge in [-0.2, -0.15) is 0 Å². The molecule has 1 heterocycles. The molecule has 0 aliphatic heterocycles. The molecule has 0 saturated heterocycles. The predicted molar refractivity (Wildman–Crippen MR) is 67.6 cm³/mol. The quantitative estimate of drug-likeness (QED) is 0.781. The molecule has 6 heteroatoms. The minimum Gasteiger partial charge on any atom is -0.465 e. The zero-order chi connectivity index (χ0) is 13.7. The first kappa shape index (κ1) is 14.4. The van der Waals surface area contributed by atoms with Crippen molar-refractivity contribution >= 4 is 23.5 Å². The van der Waals surface area contributed by atoms with E-state index in [2.05, 4.69) is 4.98 Å². The highest BCUT2D eigenvalue weighted by Crippen LogP contribution is 2.17. The van der Waals surface area contributed by atoms with E-state index in [9.17, 15) is 9.59 Å². The second kappa shape index (κ2) is 6.35. The lowest BCUT2D eigenvalue weighted by molar-refractivity contribution is -0.143. The van der Waals surface area contributed by atoms with E-state index in [0.29, 0.717) is 5.02 Å². The smallest absolute Gasteiger partial charge is 0.325 e. The monoisotopic (exact) mass is 270 g/mol. The number of likely N-dealkylation sites (N-methyl/N-ethyl adjacent to an activating group) is 1. The van der Waals surface area contributed by atoms with Gasteiger partial charge in [-0.1, -0.05) is 11.6 Å². The van der Waals surface area contributed by atoms with E-state index >= 15 is 0 Å². The molecule has 0 fully saturated rings. The summed E-state index contributed by atoms with van der Waals surface area (Å²) in [5.41, 5.74) is 0.999. The minimum absolute atomic E-state index is 0.114. The van der Waals surface area contributed by atoms with Crippen LogP contribution in [0.1, 0.15) is 23.0 Å². The van der Waals surface area contributed by atoms with Crippen LogP contribution in [-0.2, 0) is 9.53 Å². The Labute approximate surface area is 111 Å². The van der Waals surface area contributed by atoms with Gasteiger partial charge in [0.1, 0.15) is 6.54 Å². The standard InChI is InChI=1S/C12H15ClN2O3/c1-4-18-11(16)7-15(3)12(17)9-6-14-8(2)5-10(9)13/h5-6H,4,7H2,1-3H3. The van der Waals surface area contributed by atoms with Gasteiger partial charge >= 0.3 is 5.97 Å². The highest BCUT2D eigenvalue weighted by molar-refractivity contribution is 6.33. The van der Waals surface area contributed by atoms with Gasteiger partial charge in [-0.15, -0.1) is 0 Å². The molecular formula is C12H15ClN2O3. The molecule has 0 atom stereocenters. The van der Waals surface area contributed by atoms with E-state index in [0.717, 1.165) is 5.69 Å². The van der Waals surface area contributed by atoms with Crippen molar-refractivity contribution in [2.75, 3.05) is 20.2 Å². The van der Waals surface area contributed by atoms with E-state index in [4.69, 9.17) is 16.3 Å². The summed E-state index contributed by atoms with van der Waals surface area (Å²) in [5, 5.41) is 0.322.